The summed E-state index contributed by atoms with van der Waals surface area (Å²) in [6.07, 6.45) is 1.54. The molecule has 1 aliphatic heterocycles. The Kier molecular flexibility index (Phi) is 8.50. The summed E-state index contributed by atoms with van der Waals surface area (Å²) >= 11 is 10.1. The van der Waals surface area contributed by atoms with Gasteiger partial charge in [-0.15, -0.1) is 0 Å². The summed E-state index contributed by atoms with van der Waals surface area (Å²) in [5, 5.41) is 10.9. The van der Waals surface area contributed by atoms with E-state index in [0.717, 1.165) is 16.7 Å². The number of thioether (sulfide) groups is 1. The fourth-order valence-electron chi connectivity index (χ4n) is 3.46. The van der Waals surface area contributed by atoms with E-state index in [1.54, 1.807) is 49.4 Å². The van der Waals surface area contributed by atoms with Crippen molar-refractivity contribution in [3.63, 3.8) is 0 Å². The summed E-state index contributed by atoms with van der Waals surface area (Å²) in [5.74, 6) is -0.676. The number of carbonyl (C=O) groups is 3. The predicted molar refractivity (Wildman–Crippen MR) is 146 cm³/mol. The third-order valence-corrected chi connectivity index (χ3v) is 7.01. The van der Waals surface area contributed by atoms with Crippen molar-refractivity contribution in [3.8, 4) is 11.5 Å². The average molecular weight is 618 g/mol. The van der Waals surface area contributed by atoms with Crippen LogP contribution >= 0.6 is 39.3 Å². The number of hydrogen-bond acceptors (Lipinski definition) is 8. The van der Waals surface area contributed by atoms with E-state index in [-0.39, 0.29) is 35.2 Å². The van der Waals surface area contributed by atoms with Crippen molar-refractivity contribution in [1.82, 2.24) is 4.90 Å². The Labute approximate surface area is 234 Å². The molecule has 1 aliphatic rings. The van der Waals surface area contributed by atoms with Gasteiger partial charge in [-0.25, -0.2) is 4.79 Å². The van der Waals surface area contributed by atoms with Crippen molar-refractivity contribution in [2.24, 2.45) is 0 Å². The van der Waals surface area contributed by atoms with Gasteiger partial charge in [-0.1, -0.05) is 23.7 Å². The molecule has 0 radical (unpaired) electrons. The topological polar surface area (TPSA) is 116 Å². The van der Waals surface area contributed by atoms with Gasteiger partial charge in [0.1, 0.15) is 0 Å². The lowest BCUT2D eigenvalue weighted by Crippen LogP contribution is -2.27. The lowest BCUT2D eigenvalue weighted by molar-refractivity contribution is -0.384. The Bertz CT molecular complexity index is 1460. The largest absolute Gasteiger partial charge is 0.490 e. The number of amides is 2. The second kappa shape index (κ2) is 11.8. The number of nitro benzene ring substituents is 1. The second-order valence-corrected chi connectivity index (χ2v) is 10.1. The zero-order valence-corrected chi connectivity index (χ0v) is 22.8. The van der Waals surface area contributed by atoms with E-state index >= 15 is 0 Å². The number of ether oxygens (including phenoxy) is 2. The van der Waals surface area contributed by atoms with Gasteiger partial charge in [0.25, 0.3) is 16.8 Å². The number of benzene rings is 3. The minimum atomic E-state index is -0.608. The van der Waals surface area contributed by atoms with Crippen LogP contribution in [-0.4, -0.2) is 33.5 Å². The maximum atomic E-state index is 13.0. The van der Waals surface area contributed by atoms with Crippen molar-refractivity contribution in [2.45, 2.75) is 13.5 Å². The predicted octanol–water partition coefficient (Wildman–Crippen LogP) is 6.87. The zero-order chi connectivity index (χ0) is 27.4. The minimum absolute atomic E-state index is 0.0204. The zero-order valence-electron chi connectivity index (χ0n) is 19.7. The summed E-state index contributed by atoms with van der Waals surface area (Å²) in [5.41, 5.74) is 1.33. The molecule has 0 saturated carbocycles. The van der Waals surface area contributed by atoms with Crippen LogP contribution in [0.4, 0.5) is 10.5 Å². The first-order chi connectivity index (χ1) is 18.2. The Morgan fingerprint density at radius 1 is 1.13 bits per heavy atom. The fraction of sp³-hybridized carbons (Fsp3) is 0.115. The van der Waals surface area contributed by atoms with E-state index in [4.69, 9.17) is 21.1 Å². The van der Waals surface area contributed by atoms with Crippen molar-refractivity contribution < 1.29 is 28.8 Å². The number of carbonyl (C=O) groups excluding carboxylic acids is 3. The maximum absolute atomic E-state index is 13.0. The second-order valence-electron chi connectivity index (χ2n) is 7.85. The number of rotatable bonds is 8. The average Bonchev–Trinajstić information content (AvgIpc) is 3.14. The van der Waals surface area contributed by atoms with Gasteiger partial charge in [0.2, 0.25) is 0 Å². The van der Waals surface area contributed by atoms with Gasteiger partial charge in [0, 0.05) is 17.2 Å². The van der Waals surface area contributed by atoms with Crippen LogP contribution in [-0.2, 0) is 11.3 Å². The fourth-order valence-corrected chi connectivity index (χ4v) is 4.97. The summed E-state index contributed by atoms with van der Waals surface area (Å²) in [4.78, 5) is 49.8. The molecular weight excluding hydrogens is 600 g/mol. The number of imide groups is 1. The van der Waals surface area contributed by atoms with Gasteiger partial charge < -0.3 is 9.47 Å². The Morgan fingerprint density at radius 2 is 1.82 bits per heavy atom. The van der Waals surface area contributed by atoms with E-state index in [1.807, 2.05) is 0 Å². The highest BCUT2D eigenvalue weighted by molar-refractivity contribution is 9.10. The van der Waals surface area contributed by atoms with E-state index in [0.29, 0.717) is 26.2 Å². The van der Waals surface area contributed by atoms with Gasteiger partial charge >= 0.3 is 5.97 Å². The lowest BCUT2D eigenvalue weighted by atomic mass is 10.1. The van der Waals surface area contributed by atoms with Crippen LogP contribution in [0.5, 0.6) is 11.5 Å². The Morgan fingerprint density at radius 3 is 2.45 bits per heavy atom. The molecule has 4 rings (SSSR count). The first kappa shape index (κ1) is 27.4. The maximum Gasteiger partial charge on any atom is 0.343 e. The van der Waals surface area contributed by atoms with Crippen LogP contribution < -0.4 is 9.47 Å². The molecule has 1 saturated heterocycles. The third-order valence-electron chi connectivity index (χ3n) is 5.27. The number of non-ortho nitro benzene ring substituents is 1. The molecule has 12 heteroatoms. The first-order valence-corrected chi connectivity index (χ1v) is 13.1. The van der Waals surface area contributed by atoms with Crippen molar-refractivity contribution in [3.05, 3.63) is 102 Å². The van der Waals surface area contributed by atoms with E-state index in [9.17, 15) is 24.5 Å². The highest BCUT2D eigenvalue weighted by Crippen LogP contribution is 2.40. The van der Waals surface area contributed by atoms with Gasteiger partial charge in [0.05, 0.1) is 33.0 Å². The standard InChI is InChI=1S/C26H18BrClN2O7S/c1-2-36-21-12-16(11-20(27)23(21)37-25(32)17-5-7-18(28)8-6-17)13-22-24(31)29(26(33)38-22)14-15-3-9-19(10-4-15)30(34)35/h3-13H,2,14H2,1H3/b22-13-. The summed E-state index contributed by atoms with van der Waals surface area (Å²) in [6.45, 7) is 2.04. The molecule has 194 valence electrons. The highest BCUT2D eigenvalue weighted by Gasteiger charge is 2.35. The molecule has 0 aliphatic carbocycles. The van der Waals surface area contributed by atoms with Gasteiger partial charge in [-0.3, -0.25) is 24.6 Å². The van der Waals surface area contributed by atoms with Gasteiger partial charge in [-0.05, 0) is 88.2 Å². The lowest BCUT2D eigenvalue weighted by Gasteiger charge is -2.14. The first-order valence-electron chi connectivity index (χ1n) is 11.1. The van der Waals surface area contributed by atoms with E-state index < -0.39 is 22.0 Å². The molecule has 0 bridgehead atoms. The molecule has 3 aromatic carbocycles. The normalized spacial score (nSPS) is 14.2. The quantitative estimate of drug-likeness (QED) is 0.0885. The number of nitrogens with zero attached hydrogens (tertiary/aromatic N) is 2. The van der Waals surface area contributed by atoms with E-state index in [2.05, 4.69) is 15.9 Å². The summed E-state index contributed by atoms with van der Waals surface area (Å²) in [6, 6.07) is 15.1. The molecule has 0 atom stereocenters. The minimum Gasteiger partial charge on any atom is -0.490 e. The molecule has 2 amide bonds. The Balaban J connectivity index is 1.56. The molecule has 1 fully saturated rings. The monoisotopic (exact) mass is 616 g/mol. The molecule has 38 heavy (non-hydrogen) atoms. The van der Waals surface area contributed by atoms with Crippen LogP contribution in [0.1, 0.15) is 28.4 Å². The van der Waals surface area contributed by atoms with Crippen LogP contribution in [0.25, 0.3) is 6.08 Å². The van der Waals surface area contributed by atoms with Crippen molar-refractivity contribution in [2.75, 3.05) is 6.61 Å². The molecule has 0 unspecified atom stereocenters. The third kappa shape index (κ3) is 6.24. The summed E-state index contributed by atoms with van der Waals surface area (Å²) < 4.78 is 11.7. The number of hydrogen-bond donors (Lipinski definition) is 0. The Hall–Kier alpha value is -3.67. The van der Waals surface area contributed by atoms with E-state index in [1.165, 1.54) is 24.3 Å². The SMILES string of the molecule is CCOc1cc(/C=C2\SC(=O)N(Cc3ccc([N+](=O)[O-])cc3)C2=O)cc(Br)c1OC(=O)c1ccc(Cl)cc1. The molecule has 1 heterocycles. The summed E-state index contributed by atoms with van der Waals surface area (Å²) in [7, 11) is 0. The molecule has 3 aromatic rings. The smallest absolute Gasteiger partial charge is 0.343 e. The van der Waals surface area contributed by atoms with Crippen molar-refractivity contribution in [1.29, 1.82) is 0 Å². The number of nitro groups is 1. The van der Waals surface area contributed by atoms with Crippen LogP contribution in [0.3, 0.4) is 0 Å². The molecule has 9 nitrogen and oxygen atoms in total. The van der Waals surface area contributed by atoms with Gasteiger partial charge in [-0.2, -0.15) is 0 Å². The van der Waals surface area contributed by atoms with Crippen molar-refractivity contribution >= 4 is 68.2 Å². The molecule has 0 aromatic heterocycles. The number of halogens is 2. The van der Waals surface area contributed by atoms with Crippen LogP contribution in [0.15, 0.2) is 70.0 Å². The number of esters is 1. The molecule has 0 spiro atoms. The van der Waals surface area contributed by atoms with Crippen LogP contribution in [0.2, 0.25) is 5.02 Å². The molecule has 0 N–H and O–H groups in total. The highest BCUT2D eigenvalue weighted by atomic mass is 79.9. The molecular formula is C26H18BrClN2O7S. The van der Waals surface area contributed by atoms with Gasteiger partial charge in [0.15, 0.2) is 11.5 Å². The van der Waals surface area contributed by atoms with Crippen LogP contribution in [0, 0.1) is 10.1 Å².